The monoisotopic (exact) mass is 462 g/mol. The first kappa shape index (κ1) is 22.4. The van der Waals surface area contributed by atoms with E-state index < -0.39 is 18.1 Å². The Balaban J connectivity index is 1.13. The van der Waals surface area contributed by atoms with E-state index in [4.69, 9.17) is 9.84 Å². The fourth-order valence-corrected chi connectivity index (χ4v) is 6.07. The summed E-state index contributed by atoms with van der Waals surface area (Å²) in [5.41, 5.74) is 4.76. The van der Waals surface area contributed by atoms with Crippen molar-refractivity contribution in [1.29, 1.82) is 0 Å². The van der Waals surface area contributed by atoms with Gasteiger partial charge < -0.3 is 20.5 Å². The van der Waals surface area contributed by atoms with Crippen LogP contribution in [-0.2, 0) is 14.3 Å². The van der Waals surface area contributed by atoms with Gasteiger partial charge in [-0.05, 0) is 60.3 Å². The van der Waals surface area contributed by atoms with Crippen molar-refractivity contribution in [3.8, 4) is 11.1 Å². The number of ether oxygens (including phenoxy) is 1. The maximum Gasteiger partial charge on any atom is 0.407 e. The van der Waals surface area contributed by atoms with Crippen LogP contribution >= 0.6 is 0 Å². The number of nitrogens with one attached hydrogen (secondary N) is 2. The molecule has 0 saturated heterocycles. The summed E-state index contributed by atoms with van der Waals surface area (Å²) in [6, 6.07) is 16.1. The molecule has 2 saturated carbocycles. The second-order valence-electron chi connectivity index (χ2n) is 9.91. The molecule has 3 aliphatic rings. The molecule has 0 aromatic heterocycles. The maximum atomic E-state index is 12.6. The van der Waals surface area contributed by atoms with Crippen LogP contribution in [0.15, 0.2) is 48.5 Å². The Morgan fingerprint density at radius 2 is 1.65 bits per heavy atom. The van der Waals surface area contributed by atoms with Gasteiger partial charge >= 0.3 is 12.1 Å². The first-order valence-electron chi connectivity index (χ1n) is 12.0. The van der Waals surface area contributed by atoms with E-state index in [0.717, 1.165) is 12.8 Å². The van der Waals surface area contributed by atoms with Crippen LogP contribution in [0.2, 0.25) is 0 Å². The third-order valence-electron chi connectivity index (χ3n) is 7.71. The molecular formula is C27H30N2O5. The van der Waals surface area contributed by atoms with Gasteiger partial charge in [-0.1, -0.05) is 48.5 Å². The minimum Gasteiger partial charge on any atom is -0.481 e. The van der Waals surface area contributed by atoms with Gasteiger partial charge in [0.05, 0.1) is 6.42 Å². The molecule has 2 fully saturated rings. The van der Waals surface area contributed by atoms with Crippen LogP contribution in [0.5, 0.6) is 0 Å². The zero-order valence-corrected chi connectivity index (χ0v) is 19.2. The summed E-state index contributed by atoms with van der Waals surface area (Å²) >= 11 is 0. The summed E-state index contributed by atoms with van der Waals surface area (Å²) in [4.78, 5) is 36.0. The molecule has 7 heteroatoms. The van der Waals surface area contributed by atoms with Crippen LogP contribution in [-0.4, -0.2) is 41.8 Å². The number of carboxylic acids is 1. The van der Waals surface area contributed by atoms with Gasteiger partial charge in [0, 0.05) is 23.9 Å². The molecule has 3 N–H and O–H groups in total. The highest BCUT2D eigenvalue weighted by Gasteiger charge is 2.50. The van der Waals surface area contributed by atoms with Crippen LogP contribution in [0, 0.1) is 17.8 Å². The van der Waals surface area contributed by atoms with Crippen LogP contribution in [0.25, 0.3) is 11.1 Å². The number of alkyl carbamates (subject to hydrolysis) is 1. The Morgan fingerprint density at radius 1 is 1.00 bits per heavy atom. The molecule has 5 rings (SSSR count). The van der Waals surface area contributed by atoms with Gasteiger partial charge in [-0.25, -0.2) is 4.79 Å². The van der Waals surface area contributed by atoms with E-state index in [0.29, 0.717) is 12.3 Å². The number of fused-ring (bicyclic) bond motifs is 4. The minimum absolute atomic E-state index is 0.0230. The van der Waals surface area contributed by atoms with Crippen molar-refractivity contribution in [1.82, 2.24) is 10.6 Å². The number of amides is 2. The van der Waals surface area contributed by atoms with Gasteiger partial charge in [0.25, 0.3) is 0 Å². The third-order valence-corrected chi connectivity index (χ3v) is 7.71. The van der Waals surface area contributed by atoms with Gasteiger partial charge in [-0.2, -0.15) is 0 Å². The van der Waals surface area contributed by atoms with E-state index in [1.807, 2.05) is 24.3 Å². The van der Waals surface area contributed by atoms with E-state index in [-0.39, 0.29) is 42.7 Å². The lowest BCUT2D eigenvalue weighted by Crippen LogP contribution is -2.50. The predicted molar refractivity (Wildman–Crippen MR) is 126 cm³/mol. The molecule has 2 aromatic carbocycles. The van der Waals surface area contributed by atoms with Crippen molar-refractivity contribution < 1.29 is 24.2 Å². The molecule has 7 nitrogen and oxygen atoms in total. The first-order valence-corrected chi connectivity index (χ1v) is 12.0. The lowest BCUT2D eigenvalue weighted by atomic mass is 9.71. The predicted octanol–water partition coefficient (Wildman–Crippen LogP) is 3.92. The lowest BCUT2D eigenvalue weighted by molar-refractivity contribution is -0.137. The summed E-state index contributed by atoms with van der Waals surface area (Å²) in [5.74, 6) is -0.412. The zero-order chi connectivity index (χ0) is 23.8. The Bertz CT molecular complexity index is 1070. The molecule has 34 heavy (non-hydrogen) atoms. The van der Waals surface area contributed by atoms with Crippen molar-refractivity contribution in [2.75, 3.05) is 6.61 Å². The van der Waals surface area contributed by atoms with Crippen molar-refractivity contribution >= 4 is 18.0 Å². The molecule has 3 aliphatic carbocycles. The molecule has 5 unspecified atom stereocenters. The topological polar surface area (TPSA) is 105 Å². The maximum absolute atomic E-state index is 12.6. The highest BCUT2D eigenvalue weighted by atomic mass is 16.5. The molecule has 5 atom stereocenters. The summed E-state index contributed by atoms with van der Waals surface area (Å²) in [6.45, 7) is 1.99. The Labute approximate surface area is 198 Å². The fourth-order valence-electron chi connectivity index (χ4n) is 6.07. The Morgan fingerprint density at radius 3 is 2.29 bits per heavy atom. The molecule has 2 amide bonds. The molecule has 2 aromatic rings. The number of rotatable bonds is 7. The highest BCUT2D eigenvalue weighted by Crippen LogP contribution is 2.50. The highest BCUT2D eigenvalue weighted by molar-refractivity contribution is 5.80. The average molecular weight is 463 g/mol. The van der Waals surface area contributed by atoms with Gasteiger partial charge in [0.1, 0.15) is 6.61 Å². The first-order chi connectivity index (χ1) is 16.4. The number of carbonyl (C=O) groups excluding carboxylic acids is 2. The summed E-state index contributed by atoms with van der Waals surface area (Å²) in [6.07, 6.45) is 1.86. The molecule has 0 aliphatic heterocycles. The second-order valence-corrected chi connectivity index (χ2v) is 9.91. The number of carboxylic acid groups (broad SMARTS) is 1. The van der Waals surface area contributed by atoms with Crippen LogP contribution in [0.4, 0.5) is 4.79 Å². The normalized spacial score (nSPS) is 25.3. The number of hydrogen-bond donors (Lipinski definition) is 3. The standard InChI is InChI=1S/C27H30N2O5/c1-15(10-25(30)31)28-26(32)17-11-16-13-24(22(16)12-17)29-27(33)34-14-23-20-8-4-2-6-18(20)19-7-3-5-9-21(19)23/h2-9,15-17,22-24H,10-14H2,1H3,(H,28,32)(H,29,33)(H,30,31). The Hall–Kier alpha value is -3.35. The fraction of sp³-hybridized carbons (Fsp3) is 0.444. The van der Waals surface area contributed by atoms with Crippen LogP contribution < -0.4 is 10.6 Å². The number of aliphatic carboxylic acids is 1. The smallest absolute Gasteiger partial charge is 0.407 e. The summed E-state index contributed by atoms with van der Waals surface area (Å²) in [5, 5.41) is 14.7. The van der Waals surface area contributed by atoms with Gasteiger partial charge in [-0.3, -0.25) is 9.59 Å². The summed E-state index contributed by atoms with van der Waals surface area (Å²) < 4.78 is 5.67. The third kappa shape index (κ3) is 4.27. The zero-order valence-electron chi connectivity index (χ0n) is 19.2. The lowest BCUT2D eigenvalue weighted by Gasteiger charge is -2.40. The van der Waals surface area contributed by atoms with E-state index in [1.165, 1.54) is 22.3 Å². The van der Waals surface area contributed by atoms with Crippen LogP contribution in [0.3, 0.4) is 0 Å². The van der Waals surface area contributed by atoms with Crippen molar-refractivity contribution in [2.24, 2.45) is 17.8 Å². The van der Waals surface area contributed by atoms with Crippen molar-refractivity contribution in [2.45, 2.75) is 50.6 Å². The number of benzene rings is 2. The molecule has 0 heterocycles. The Kier molecular flexibility index (Phi) is 6.02. The average Bonchev–Trinajstić information content (AvgIpc) is 3.31. The molecule has 0 spiro atoms. The van der Waals surface area contributed by atoms with E-state index >= 15 is 0 Å². The number of carbonyl (C=O) groups is 3. The molecule has 0 radical (unpaired) electrons. The SMILES string of the molecule is CC(CC(=O)O)NC(=O)C1CC2CC(NC(=O)OCC3c4ccccc4-c4ccccc43)C2C1. The second kappa shape index (κ2) is 9.12. The largest absolute Gasteiger partial charge is 0.481 e. The van der Waals surface area contributed by atoms with Crippen molar-refractivity contribution in [3.63, 3.8) is 0 Å². The minimum atomic E-state index is -0.924. The van der Waals surface area contributed by atoms with Crippen LogP contribution in [0.1, 0.15) is 49.7 Å². The molecule has 178 valence electrons. The van der Waals surface area contributed by atoms with E-state index in [2.05, 4.69) is 34.9 Å². The van der Waals surface area contributed by atoms with Crippen molar-refractivity contribution in [3.05, 3.63) is 59.7 Å². The van der Waals surface area contributed by atoms with E-state index in [9.17, 15) is 14.4 Å². The van der Waals surface area contributed by atoms with Gasteiger partial charge in [0.2, 0.25) is 5.91 Å². The quantitative estimate of drug-likeness (QED) is 0.579. The summed E-state index contributed by atoms with van der Waals surface area (Å²) in [7, 11) is 0. The van der Waals surface area contributed by atoms with Gasteiger partial charge in [0.15, 0.2) is 0 Å². The van der Waals surface area contributed by atoms with Gasteiger partial charge in [-0.15, -0.1) is 0 Å². The number of hydrogen-bond acceptors (Lipinski definition) is 4. The molecule has 0 bridgehead atoms. The molecular weight excluding hydrogens is 432 g/mol. The van der Waals surface area contributed by atoms with E-state index in [1.54, 1.807) is 6.92 Å².